The Morgan fingerprint density at radius 1 is 1.60 bits per heavy atom. The number of aliphatic carboxylic acids is 1. The smallest absolute Gasteiger partial charge is 0.346 e. The topological polar surface area (TPSA) is 133 Å². The Hall–Kier alpha value is -0.380. The second-order valence-corrected chi connectivity index (χ2v) is 4.16. The van der Waals surface area contributed by atoms with Crippen molar-refractivity contribution in [2.24, 2.45) is 5.73 Å². The Kier molecular flexibility index (Phi) is 3.59. The van der Waals surface area contributed by atoms with E-state index >= 15 is 0 Å². The van der Waals surface area contributed by atoms with Crippen molar-refractivity contribution in [2.45, 2.75) is 35.9 Å². The number of carboxylic acids is 1. The van der Waals surface area contributed by atoms with E-state index in [9.17, 15) is 9.90 Å². The molecule has 88 valence electrons. The molecule has 1 aliphatic rings. The second kappa shape index (κ2) is 4.24. The summed E-state index contributed by atoms with van der Waals surface area (Å²) in [6.45, 7) is 0. The van der Waals surface area contributed by atoms with Gasteiger partial charge in [-0.1, -0.05) is 0 Å². The van der Waals surface area contributed by atoms with E-state index in [4.69, 9.17) is 25.8 Å². The van der Waals surface area contributed by atoms with Gasteiger partial charge in [0, 0.05) is 6.42 Å². The first-order chi connectivity index (χ1) is 6.78. The summed E-state index contributed by atoms with van der Waals surface area (Å²) in [6.07, 6.45) is -4.90. The molecule has 8 heteroatoms. The molecule has 1 rings (SSSR count). The summed E-state index contributed by atoms with van der Waals surface area (Å²) in [7, 11) is 0. The molecule has 0 spiro atoms. The maximum absolute atomic E-state index is 10.8. The molecule has 0 saturated carbocycles. The first-order valence-electron chi connectivity index (χ1n) is 4.21. The predicted molar refractivity (Wildman–Crippen MR) is 51.1 cm³/mol. The highest BCUT2D eigenvalue weighted by Crippen LogP contribution is 2.33. The zero-order valence-electron chi connectivity index (χ0n) is 7.65. The summed E-state index contributed by atoms with van der Waals surface area (Å²) in [5, 5.41) is 36.0. The van der Waals surface area contributed by atoms with Gasteiger partial charge in [0.15, 0.2) is 6.29 Å². The summed E-state index contributed by atoms with van der Waals surface area (Å²) < 4.78 is 4.86. The molecule has 0 radical (unpaired) electrons. The van der Waals surface area contributed by atoms with Crippen LogP contribution >= 0.6 is 12.6 Å². The maximum atomic E-state index is 10.8. The normalized spacial score (nSPS) is 41.9. The van der Waals surface area contributed by atoms with Crippen LogP contribution < -0.4 is 5.73 Å². The maximum Gasteiger partial charge on any atom is 0.346 e. The van der Waals surface area contributed by atoms with Crippen LogP contribution in [0.15, 0.2) is 0 Å². The third-order valence-corrected chi connectivity index (χ3v) is 2.75. The lowest BCUT2D eigenvalue weighted by atomic mass is 9.95. The number of aliphatic hydroxyl groups excluding tert-OH is 2. The van der Waals surface area contributed by atoms with E-state index in [2.05, 4.69) is 12.6 Å². The second-order valence-electron chi connectivity index (χ2n) is 3.43. The van der Waals surface area contributed by atoms with E-state index in [1.807, 2.05) is 0 Å². The van der Waals surface area contributed by atoms with E-state index in [1.54, 1.807) is 0 Å². The van der Waals surface area contributed by atoms with Gasteiger partial charge in [-0.05, 0) is 0 Å². The van der Waals surface area contributed by atoms with Crippen LogP contribution in [-0.4, -0.2) is 55.9 Å². The summed E-state index contributed by atoms with van der Waals surface area (Å²) in [4.78, 5) is 8.83. The molecule has 0 aromatic carbocycles. The Bertz CT molecular complexity index is 262. The molecular formula is C7H13NO6S. The van der Waals surface area contributed by atoms with Crippen LogP contribution in [0.5, 0.6) is 0 Å². The molecule has 0 aromatic rings. The Morgan fingerprint density at radius 3 is 2.53 bits per heavy atom. The largest absolute Gasteiger partial charge is 0.478 e. The standard InChI is InChI=1S/C7H13NO6S/c8-3-2(9)1-7(15,6(12)13)14-4(3)5(10)11/h2-5,9-11,15H,1,8H2,(H,12,13). The Balaban J connectivity index is 2.88. The molecule has 1 fully saturated rings. The van der Waals surface area contributed by atoms with Gasteiger partial charge in [-0.2, -0.15) is 0 Å². The van der Waals surface area contributed by atoms with Crippen LogP contribution in [-0.2, 0) is 9.53 Å². The van der Waals surface area contributed by atoms with E-state index in [-0.39, 0.29) is 6.42 Å². The fraction of sp³-hybridized carbons (Fsp3) is 0.857. The predicted octanol–water partition coefficient (Wildman–Crippen LogP) is -2.52. The van der Waals surface area contributed by atoms with Gasteiger partial charge in [-0.25, -0.2) is 4.79 Å². The molecule has 4 atom stereocenters. The van der Waals surface area contributed by atoms with E-state index in [1.165, 1.54) is 0 Å². The lowest BCUT2D eigenvalue weighted by Crippen LogP contribution is -2.62. The average Bonchev–Trinajstić information content (AvgIpc) is 2.10. The van der Waals surface area contributed by atoms with Crippen molar-refractivity contribution in [3.8, 4) is 0 Å². The van der Waals surface area contributed by atoms with Gasteiger partial charge >= 0.3 is 5.97 Å². The third kappa shape index (κ3) is 2.41. The van der Waals surface area contributed by atoms with Crippen molar-refractivity contribution < 1.29 is 30.0 Å². The monoisotopic (exact) mass is 239 g/mol. The number of aliphatic hydroxyl groups is 3. The van der Waals surface area contributed by atoms with Crippen molar-refractivity contribution in [2.75, 3.05) is 0 Å². The number of carboxylic acid groups (broad SMARTS) is 1. The van der Waals surface area contributed by atoms with Crippen LogP contribution in [0.2, 0.25) is 0 Å². The van der Waals surface area contributed by atoms with Crippen LogP contribution in [0.1, 0.15) is 6.42 Å². The minimum atomic E-state index is -1.97. The minimum Gasteiger partial charge on any atom is -0.478 e. The lowest BCUT2D eigenvalue weighted by molar-refractivity contribution is -0.221. The summed E-state index contributed by atoms with van der Waals surface area (Å²) in [5.41, 5.74) is 5.42. The zero-order chi connectivity index (χ0) is 11.8. The number of nitrogens with two attached hydrogens (primary N) is 1. The van der Waals surface area contributed by atoms with Gasteiger partial charge in [0.25, 0.3) is 0 Å². The van der Waals surface area contributed by atoms with Crippen molar-refractivity contribution in [1.82, 2.24) is 0 Å². The highest BCUT2D eigenvalue weighted by molar-refractivity contribution is 7.82. The quantitative estimate of drug-likeness (QED) is 0.231. The number of thiol groups is 1. The van der Waals surface area contributed by atoms with Gasteiger partial charge in [0.05, 0.1) is 12.1 Å². The van der Waals surface area contributed by atoms with E-state index in [0.29, 0.717) is 0 Å². The van der Waals surface area contributed by atoms with Gasteiger partial charge in [-0.15, -0.1) is 12.6 Å². The Labute approximate surface area is 90.9 Å². The zero-order valence-corrected chi connectivity index (χ0v) is 8.54. The number of carbonyl (C=O) groups is 1. The summed E-state index contributed by atoms with van der Waals surface area (Å²) >= 11 is 3.74. The van der Waals surface area contributed by atoms with Crippen LogP contribution in [0.25, 0.3) is 0 Å². The molecule has 1 heterocycles. The number of rotatable bonds is 2. The average molecular weight is 239 g/mol. The third-order valence-electron chi connectivity index (χ3n) is 2.27. The van der Waals surface area contributed by atoms with Gasteiger partial charge in [-0.3, -0.25) is 0 Å². The van der Waals surface area contributed by atoms with Crippen LogP contribution in [0.4, 0.5) is 0 Å². The molecule has 0 bridgehead atoms. The first-order valence-corrected chi connectivity index (χ1v) is 4.66. The number of hydrogen-bond acceptors (Lipinski definition) is 7. The van der Waals surface area contributed by atoms with Gasteiger partial charge in [0.2, 0.25) is 4.93 Å². The summed E-state index contributed by atoms with van der Waals surface area (Å²) in [6, 6.07) is -1.07. The fourth-order valence-corrected chi connectivity index (χ4v) is 1.70. The van der Waals surface area contributed by atoms with Gasteiger partial charge < -0.3 is 30.9 Å². The molecule has 0 amide bonds. The first kappa shape index (κ1) is 12.7. The molecule has 0 aliphatic carbocycles. The highest BCUT2D eigenvalue weighted by Gasteiger charge is 2.50. The number of hydrogen-bond donors (Lipinski definition) is 6. The fourth-order valence-electron chi connectivity index (χ4n) is 1.39. The lowest BCUT2D eigenvalue weighted by Gasteiger charge is -2.41. The van der Waals surface area contributed by atoms with Gasteiger partial charge in [0.1, 0.15) is 6.10 Å². The van der Waals surface area contributed by atoms with Crippen molar-refractivity contribution in [1.29, 1.82) is 0 Å². The molecule has 15 heavy (non-hydrogen) atoms. The minimum absolute atomic E-state index is 0.324. The Morgan fingerprint density at radius 2 is 2.13 bits per heavy atom. The van der Waals surface area contributed by atoms with Crippen LogP contribution in [0.3, 0.4) is 0 Å². The van der Waals surface area contributed by atoms with E-state index < -0.39 is 35.4 Å². The van der Waals surface area contributed by atoms with Crippen molar-refractivity contribution in [3.63, 3.8) is 0 Å². The molecular weight excluding hydrogens is 226 g/mol. The SMILES string of the molecule is NC1C(O)CC(S)(C(=O)O)OC1C(O)O. The molecule has 1 saturated heterocycles. The van der Waals surface area contributed by atoms with Crippen LogP contribution in [0, 0.1) is 0 Å². The molecule has 7 nitrogen and oxygen atoms in total. The molecule has 1 aliphatic heterocycles. The molecule has 4 unspecified atom stereocenters. The van der Waals surface area contributed by atoms with Crippen molar-refractivity contribution in [3.05, 3.63) is 0 Å². The highest BCUT2D eigenvalue weighted by atomic mass is 32.1. The summed E-state index contributed by atoms with van der Waals surface area (Å²) in [5.74, 6) is -1.41. The molecule has 6 N–H and O–H groups in total. The molecule has 0 aromatic heterocycles. The number of ether oxygens (including phenoxy) is 1. The van der Waals surface area contributed by atoms with E-state index in [0.717, 1.165) is 0 Å². The van der Waals surface area contributed by atoms with Crippen molar-refractivity contribution >= 4 is 18.6 Å².